The number of hydrogen-bond acceptors (Lipinski definition) is 3. The lowest BCUT2D eigenvalue weighted by atomic mass is 10.0. The van der Waals surface area contributed by atoms with Crippen molar-refractivity contribution in [2.45, 2.75) is 38.8 Å². The van der Waals surface area contributed by atoms with Crippen molar-refractivity contribution in [2.75, 3.05) is 6.54 Å². The molecule has 1 saturated carbocycles. The van der Waals surface area contributed by atoms with Gasteiger partial charge in [-0.1, -0.05) is 6.92 Å². The van der Waals surface area contributed by atoms with Crippen LogP contribution in [0.5, 0.6) is 0 Å². The van der Waals surface area contributed by atoms with E-state index in [1.54, 1.807) is 10.9 Å². The predicted octanol–water partition coefficient (Wildman–Crippen LogP) is 1.23. The van der Waals surface area contributed by atoms with Crippen LogP contribution in [-0.4, -0.2) is 27.5 Å². The van der Waals surface area contributed by atoms with Crippen LogP contribution in [0.15, 0.2) is 12.4 Å². The molecular formula is C12H21N3O. The zero-order valence-electron chi connectivity index (χ0n) is 10.3. The highest BCUT2D eigenvalue weighted by Gasteiger charge is 2.42. The summed E-state index contributed by atoms with van der Waals surface area (Å²) in [6.07, 6.45) is 5.71. The molecule has 0 aromatic carbocycles. The van der Waals surface area contributed by atoms with Gasteiger partial charge in [-0.25, -0.2) is 0 Å². The van der Waals surface area contributed by atoms with Crippen molar-refractivity contribution in [3.8, 4) is 0 Å². The largest absolute Gasteiger partial charge is 0.387 e. The SMILES string of the molecule is CC(NCC(O)c1cnn(C)c1)C1(C)CC1. The van der Waals surface area contributed by atoms with Crippen LogP contribution in [0.4, 0.5) is 0 Å². The van der Waals surface area contributed by atoms with Gasteiger partial charge >= 0.3 is 0 Å². The number of aliphatic hydroxyl groups is 1. The Morgan fingerprint density at radius 2 is 2.31 bits per heavy atom. The van der Waals surface area contributed by atoms with Gasteiger partial charge in [0.25, 0.3) is 0 Å². The maximum atomic E-state index is 9.95. The van der Waals surface area contributed by atoms with Crippen molar-refractivity contribution in [3.63, 3.8) is 0 Å². The first-order valence-electron chi connectivity index (χ1n) is 5.91. The summed E-state index contributed by atoms with van der Waals surface area (Å²) in [5.41, 5.74) is 1.33. The van der Waals surface area contributed by atoms with Crippen LogP contribution >= 0.6 is 0 Å². The molecule has 2 unspecified atom stereocenters. The maximum Gasteiger partial charge on any atom is 0.0944 e. The molecule has 1 fully saturated rings. The molecule has 0 bridgehead atoms. The second kappa shape index (κ2) is 4.18. The number of hydrogen-bond donors (Lipinski definition) is 2. The van der Waals surface area contributed by atoms with E-state index >= 15 is 0 Å². The first kappa shape index (κ1) is 11.6. The van der Waals surface area contributed by atoms with Gasteiger partial charge < -0.3 is 10.4 Å². The Morgan fingerprint density at radius 3 is 2.81 bits per heavy atom. The first-order chi connectivity index (χ1) is 7.51. The van der Waals surface area contributed by atoms with E-state index in [1.165, 1.54) is 12.8 Å². The molecule has 0 radical (unpaired) electrons. The summed E-state index contributed by atoms with van der Waals surface area (Å²) in [5, 5.41) is 17.4. The molecule has 0 spiro atoms. The van der Waals surface area contributed by atoms with Gasteiger partial charge in [-0.15, -0.1) is 0 Å². The average Bonchev–Trinajstić information content (AvgIpc) is 2.85. The molecule has 0 aliphatic heterocycles. The minimum Gasteiger partial charge on any atom is -0.387 e. The number of aliphatic hydroxyl groups excluding tert-OH is 1. The van der Waals surface area contributed by atoms with Gasteiger partial charge in [0, 0.05) is 31.4 Å². The van der Waals surface area contributed by atoms with Crippen molar-refractivity contribution >= 4 is 0 Å². The van der Waals surface area contributed by atoms with Crippen LogP contribution in [0.1, 0.15) is 38.4 Å². The lowest BCUT2D eigenvalue weighted by Gasteiger charge is -2.21. The predicted molar refractivity (Wildman–Crippen MR) is 63.0 cm³/mol. The molecule has 2 atom stereocenters. The molecule has 16 heavy (non-hydrogen) atoms. The molecule has 2 N–H and O–H groups in total. The van der Waals surface area contributed by atoms with Gasteiger partial charge in [0.15, 0.2) is 0 Å². The number of rotatable bonds is 5. The molecule has 1 heterocycles. The van der Waals surface area contributed by atoms with E-state index in [-0.39, 0.29) is 0 Å². The second-order valence-electron chi connectivity index (χ2n) is 5.25. The van der Waals surface area contributed by atoms with E-state index in [2.05, 4.69) is 24.3 Å². The Hall–Kier alpha value is -0.870. The third-order valence-corrected chi connectivity index (χ3v) is 3.81. The fourth-order valence-electron chi connectivity index (χ4n) is 1.90. The van der Waals surface area contributed by atoms with E-state index in [1.807, 2.05) is 13.2 Å². The first-order valence-corrected chi connectivity index (χ1v) is 5.91. The zero-order valence-corrected chi connectivity index (χ0v) is 10.3. The van der Waals surface area contributed by atoms with E-state index in [9.17, 15) is 5.11 Å². The highest BCUT2D eigenvalue weighted by molar-refractivity contribution is 5.08. The van der Waals surface area contributed by atoms with Crippen LogP contribution in [0.3, 0.4) is 0 Å². The van der Waals surface area contributed by atoms with Crippen LogP contribution in [0.2, 0.25) is 0 Å². The zero-order chi connectivity index (χ0) is 11.8. The van der Waals surface area contributed by atoms with Gasteiger partial charge in [-0.2, -0.15) is 5.10 Å². The highest BCUT2D eigenvalue weighted by atomic mass is 16.3. The Labute approximate surface area is 96.7 Å². The minimum absolute atomic E-state index is 0.453. The summed E-state index contributed by atoms with van der Waals surface area (Å²) in [7, 11) is 1.86. The normalized spacial score (nSPS) is 21.8. The number of aromatic nitrogens is 2. The van der Waals surface area contributed by atoms with Gasteiger partial charge in [-0.05, 0) is 25.2 Å². The monoisotopic (exact) mass is 223 g/mol. The smallest absolute Gasteiger partial charge is 0.0944 e. The Morgan fingerprint density at radius 1 is 1.62 bits per heavy atom. The van der Waals surface area contributed by atoms with E-state index in [0.29, 0.717) is 18.0 Å². The van der Waals surface area contributed by atoms with E-state index in [0.717, 1.165) is 5.56 Å². The van der Waals surface area contributed by atoms with Crippen molar-refractivity contribution in [1.29, 1.82) is 0 Å². The summed E-state index contributed by atoms with van der Waals surface area (Å²) in [6.45, 7) is 5.09. The Kier molecular flexibility index (Phi) is 3.04. The summed E-state index contributed by atoms with van der Waals surface area (Å²) in [6, 6.07) is 0.471. The van der Waals surface area contributed by atoms with Gasteiger partial charge in [-0.3, -0.25) is 4.68 Å². The molecule has 1 aliphatic carbocycles. The standard InChI is InChI=1S/C12H21N3O/c1-9(12(2)4-5-12)13-7-11(16)10-6-14-15(3)8-10/h6,8-9,11,13,16H,4-5,7H2,1-3H3. The molecule has 0 amide bonds. The minimum atomic E-state index is -0.460. The topological polar surface area (TPSA) is 50.1 Å². The fourth-order valence-corrected chi connectivity index (χ4v) is 1.90. The molecule has 0 saturated heterocycles. The average molecular weight is 223 g/mol. The van der Waals surface area contributed by atoms with Crippen molar-refractivity contribution in [2.24, 2.45) is 12.5 Å². The molecule has 2 rings (SSSR count). The van der Waals surface area contributed by atoms with Gasteiger partial charge in [0.2, 0.25) is 0 Å². The molecule has 4 nitrogen and oxygen atoms in total. The van der Waals surface area contributed by atoms with Gasteiger partial charge in [0.05, 0.1) is 12.3 Å². The van der Waals surface area contributed by atoms with Crippen LogP contribution < -0.4 is 5.32 Å². The number of aryl methyl sites for hydroxylation is 1. The van der Waals surface area contributed by atoms with E-state index < -0.39 is 6.10 Å². The third-order valence-electron chi connectivity index (χ3n) is 3.81. The molecular weight excluding hydrogens is 202 g/mol. The van der Waals surface area contributed by atoms with E-state index in [4.69, 9.17) is 0 Å². The third kappa shape index (κ3) is 2.44. The number of nitrogens with one attached hydrogen (secondary N) is 1. The van der Waals surface area contributed by atoms with Gasteiger partial charge in [0.1, 0.15) is 0 Å². The summed E-state index contributed by atoms with van der Waals surface area (Å²) in [4.78, 5) is 0. The van der Waals surface area contributed by atoms with Crippen LogP contribution in [-0.2, 0) is 7.05 Å². The maximum absolute atomic E-state index is 9.95. The van der Waals surface area contributed by atoms with Crippen LogP contribution in [0, 0.1) is 5.41 Å². The molecule has 4 heteroatoms. The lowest BCUT2D eigenvalue weighted by molar-refractivity contribution is 0.165. The molecule has 1 aromatic heterocycles. The fraction of sp³-hybridized carbons (Fsp3) is 0.750. The second-order valence-corrected chi connectivity index (χ2v) is 5.25. The molecule has 1 aromatic rings. The van der Waals surface area contributed by atoms with Crippen molar-refractivity contribution < 1.29 is 5.11 Å². The molecule has 1 aliphatic rings. The quantitative estimate of drug-likeness (QED) is 0.789. The summed E-state index contributed by atoms with van der Waals surface area (Å²) >= 11 is 0. The molecule has 90 valence electrons. The Balaban J connectivity index is 1.81. The highest BCUT2D eigenvalue weighted by Crippen LogP contribution is 2.47. The summed E-state index contributed by atoms with van der Waals surface area (Å²) < 4.78 is 1.71. The van der Waals surface area contributed by atoms with Crippen molar-refractivity contribution in [3.05, 3.63) is 18.0 Å². The lowest BCUT2D eigenvalue weighted by Crippen LogP contribution is -2.36. The number of nitrogens with zero attached hydrogens (tertiary/aromatic N) is 2. The Bertz CT molecular complexity index is 357. The van der Waals surface area contributed by atoms with Crippen molar-refractivity contribution in [1.82, 2.24) is 15.1 Å². The summed E-state index contributed by atoms with van der Waals surface area (Å²) in [5.74, 6) is 0. The van der Waals surface area contributed by atoms with Crippen LogP contribution in [0.25, 0.3) is 0 Å².